The van der Waals surface area contributed by atoms with Gasteiger partial charge in [-0.1, -0.05) is 0 Å². The number of amidine groups is 1. The third kappa shape index (κ3) is 1.74. The Labute approximate surface area is 86.8 Å². The predicted molar refractivity (Wildman–Crippen MR) is 52.9 cm³/mol. The summed E-state index contributed by atoms with van der Waals surface area (Å²) in [6.45, 7) is 1.25. The van der Waals surface area contributed by atoms with Crippen molar-refractivity contribution in [1.82, 2.24) is 4.90 Å². The van der Waals surface area contributed by atoms with Gasteiger partial charge in [0.2, 0.25) is 15.0 Å². The van der Waals surface area contributed by atoms with Crippen LogP contribution in [0.1, 0.15) is 12.8 Å². The number of carboxylic acid groups (broad SMARTS) is 1. The molecule has 0 bridgehead atoms. The Morgan fingerprint density at radius 1 is 1.40 bits per heavy atom. The van der Waals surface area contributed by atoms with E-state index in [0.717, 1.165) is 12.8 Å². The molecule has 1 saturated heterocycles. The minimum atomic E-state index is -3.63. The van der Waals surface area contributed by atoms with E-state index in [4.69, 9.17) is 5.11 Å². The van der Waals surface area contributed by atoms with Crippen LogP contribution in [0, 0.1) is 0 Å². The molecule has 2 heterocycles. The highest BCUT2D eigenvalue weighted by Gasteiger charge is 2.33. The third-order valence-corrected chi connectivity index (χ3v) is 3.73. The molecule has 15 heavy (non-hydrogen) atoms. The fraction of sp³-hybridized carbons (Fsp3) is 0.500. The van der Waals surface area contributed by atoms with Crippen molar-refractivity contribution < 1.29 is 18.3 Å². The maximum absolute atomic E-state index is 11.6. The average molecular weight is 230 g/mol. The van der Waals surface area contributed by atoms with Crippen molar-refractivity contribution in [3.8, 4) is 0 Å². The number of sulfone groups is 1. The molecule has 0 amide bonds. The second-order valence-corrected chi connectivity index (χ2v) is 5.13. The minimum absolute atomic E-state index is 0.114. The number of aliphatic carboxylic acids is 1. The highest BCUT2D eigenvalue weighted by molar-refractivity contribution is 8.09. The topological polar surface area (TPSA) is 87.0 Å². The molecule has 0 aliphatic carbocycles. The van der Waals surface area contributed by atoms with E-state index in [0.29, 0.717) is 18.5 Å². The number of likely N-dealkylation sites (tertiary alicyclic amines) is 1. The lowest BCUT2D eigenvalue weighted by molar-refractivity contribution is -0.132. The van der Waals surface area contributed by atoms with Crippen LogP contribution in [0.3, 0.4) is 0 Å². The van der Waals surface area contributed by atoms with Crippen LogP contribution in [0.15, 0.2) is 16.1 Å². The lowest BCUT2D eigenvalue weighted by Crippen LogP contribution is -2.31. The molecule has 2 aliphatic heterocycles. The van der Waals surface area contributed by atoms with Gasteiger partial charge in [0.15, 0.2) is 5.70 Å². The first-order valence-corrected chi connectivity index (χ1v) is 6.09. The molecular weight excluding hydrogens is 220 g/mol. The van der Waals surface area contributed by atoms with Crippen molar-refractivity contribution in [2.45, 2.75) is 12.8 Å². The Balaban J connectivity index is 2.35. The number of aliphatic imine (C=N–C) groups is 1. The SMILES string of the molecule is O=C(O)C1=CS(=O)(=O)C(N2CCCC2)=N1. The molecule has 2 aliphatic rings. The van der Waals surface area contributed by atoms with Crippen LogP contribution in [0.2, 0.25) is 0 Å². The molecular formula is C8H10N2O4S. The van der Waals surface area contributed by atoms with Crippen LogP contribution < -0.4 is 0 Å². The van der Waals surface area contributed by atoms with Gasteiger partial charge in [0.25, 0.3) is 0 Å². The van der Waals surface area contributed by atoms with E-state index >= 15 is 0 Å². The van der Waals surface area contributed by atoms with E-state index in [1.54, 1.807) is 4.90 Å². The lowest BCUT2D eigenvalue weighted by Gasteiger charge is -2.15. The van der Waals surface area contributed by atoms with Crippen molar-refractivity contribution in [1.29, 1.82) is 0 Å². The molecule has 0 atom stereocenters. The summed E-state index contributed by atoms with van der Waals surface area (Å²) in [5.41, 5.74) is -0.406. The van der Waals surface area contributed by atoms with Gasteiger partial charge >= 0.3 is 5.97 Å². The molecule has 82 valence electrons. The van der Waals surface area contributed by atoms with Crippen LogP contribution >= 0.6 is 0 Å². The molecule has 0 aromatic heterocycles. The Morgan fingerprint density at radius 3 is 2.47 bits per heavy atom. The second kappa shape index (κ2) is 3.34. The highest BCUT2D eigenvalue weighted by atomic mass is 32.2. The third-order valence-electron chi connectivity index (χ3n) is 2.33. The maximum atomic E-state index is 11.6. The molecule has 1 fully saturated rings. The molecule has 0 radical (unpaired) electrons. The van der Waals surface area contributed by atoms with E-state index in [9.17, 15) is 13.2 Å². The first-order valence-electron chi connectivity index (χ1n) is 4.54. The summed E-state index contributed by atoms with van der Waals surface area (Å²) in [4.78, 5) is 15.8. The summed E-state index contributed by atoms with van der Waals surface area (Å²) in [5.74, 6) is -1.31. The zero-order valence-corrected chi connectivity index (χ0v) is 8.70. The zero-order valence-electron chi connectivity index (χ0n) is 7.88. The maximum Gasteiger partial charge on any atom is 0.355 e. The van der Waals surface area contributed by atoms with Gasteiger partial charge in [0, 0.05) is 13.1 Å². The zero-order chi connectivity index (χ0) is 11.1. The molecule has 0 spiro atoms. The monoisotopic (exact) mass is 230 g/mol. The van der Waals surface area contributed by atoms with E-state index in [1.165, 1.54) is 0 Å². The Kier molecular flexibility index (Phi) is 2.26. The summed E-state index contributed by atoms with van der Waals surface area (Å²) in [7, 11) is -3.63. The van der Waals surface area contributed by atoms with Gasteiger partial charge in [-0.15, -0.1) is 0 Å². The summed E-state index contributed by atoms with van der Waals surface area (Å²) < 4.78 is 23.1. The van der Waals surface area contributed by atoms with Gasteiger partial charge in [0.1, 0.15) is 0 Å². The van der Waals surface area contributed by atoms with Crippen LogP contribution in [-0.2, 0) is 14.6 Å². The fourth-order valence-corrected chi connectivity index (χ4v) is 2.97. The first kappa shape index (κ1) is 10.2. The van der Waals surface area contributed by atoms with E-state index in [-0.39, 0.29) is 5.17 Å². The van der Waals surface area contributed by atoms with Crippen molar-refractivity contribution >= 4 is 21.0 Å². The molecule has 2 rings (SSSR count). The standard InChI is InChI=1S/C8H10N2O4S/c11-7(12)6-5-15(13,14)8(9-6)10-3-1-2-4-10/h5H,1-4H2,(H,11,12). The summed E-state index contributed by atoms with van der Waals surface area (Å²) >= 11 is 0. The number of carboxylic acids is 1. The van der Waals surface area contributed by atoms with Crippen molar-refractivity contribution in [2.24, 2.45) is 4.99 Å². The van der Waals surface area contributed by atoms with Crippen molar-refractivity contribution in [2.75, 3.05) is 13.1 Å². The van der Waals surface area contributed by atoms with Crippen LogP contribution in [-0.4, -0.2) is 42.7 Å². The number of hydrogen-bond donors (Lipinski definition) is 1. The van der Waals surface area contributed by atoms with Gasteiger partial charge in [-0.3, -0.25) is 0 Å². The minimum Gasteiger partial charge on any atom is -0.476 e. The summed E-state index contributed by atoms with van der Waals surface area (Å²) in [5, 5.41) is 9.25. The second-order valence-electron chi connectivity index (χ2n) is 3.44. The van der Waals surface area contributed by atoms with Gasteiger partial charge in [-0.2, -0.15) is 0 Å². The largest absolute Gasteiger partial charge is 0.476 e. The number of nitrogens with zero attached hydrogens (tertiary/aromatic N) is 2. The molecule has 7 heteroatoms. The van der Waals surface area contributed by atoms with Crippen LogP contribution in [0.5, 0.6) is 0 Å². The molecule has 6 nitrogen and oxygen atoms in total. The summed E-state index contributed by atoms with van der Waals surface area (Å²) in [6.07, 6.45) is 1.83. The van der Waals surface area contributed by atoms with E-state index in [2.05, 4.69) is 4.99 Å². The molecule has 0 saturated carbocycles. The van der Waals surface area contributed by atoms with Gasteiger partial charge in [-0.25, -0.2) is 18.2 Å². The lowest BCUT2D eigenvalue weighted by atomic mass is 10.4. The number of carbonyl (C=O) groups is 1. The first-order chi connectivity index (χ1) is 7.00. The van der Waals surface area contributed by atoms with Gasteiger partial charge in [-0.05, 0) is 12.8 Å². The summed E-state index contributed by atoms with van der Waals surface area (Å²) in [6, 6.07) is 0. The number of rotatable bonds is 1. The van der Waals surface area contributed by atoms with Crippen molar-refractivity contribution in [3.63, 3.8) is 0 Å². The quantitative estimate of drug-likeness (QED) is 0.673. The van der Waals surface area contributed by atoms with Gasteiger partial charge in [0.05, 0.1) is 5.41 Å². The predicted octanol–water partition coefficient (Wildman–Crippen LogP) is -0.207. The molecule has 0 unspecified atom stereocenters. The Morgan fingerprint density at radius 2 is 2.00 bits per heavy atom. The fourth-order valence-electron chi connectivity index (χ4n) is 1.65. The van der Waals surface area contributed by atoms with Gasteiger partial charge < -0.3 is 10.0 Å². The molecule has 1 N–H and O–H groups in total. The Bertz CT molecular complexity index is 457. The Hall–Kier alpha value is -1.37. The van der Waals surface area contributed by atoms with E-state index < -0.39 is 21.5 Å². The smallest absolute Gasteiger partial charge is 0.355 e. The number of hydrogen-bond acceptors (Lipinski definition) is 5. The highest BCUT2D eigenvalue weighted by Crippen LogP contribution is 2.20. The normalized spacial score (nSPS) is 23.9. The molecule has 0 aromatic rings. The van der Waals surface area contributed by atoms with Crippen molar-refractivity contribution in [3.05, 3.63) is 11.1 Å². The average Bonchev–Trinajstić information content (AvgIpc) is 2.70. The van der Waals surface area contributed by atoms with E-state index in [1.807, 2.05) is 0 Å². The molecule has 0 aromatic carbocycles. The van der Waals surface area contributed by atoms with Crippen LogP contribution in [0.4, 0.5) is 0 Å². The van der Waals surface area contributed by atoms with Crippen LogP contribution in [0.25, 0.3) is 0 Å².